The van der Waals surface area contributed by atoms with Gasteiger partial charge in [-0.3, -0.25) is 4.79 Å². The van der Waals surface area contributed by atoms with Crippen LogP contribution in [0.3, 0.4) is 0 Å². The molecular formula is C16H19N3O2. The van der Waals surface area contributed by atoms with E-state index in [0.717, 1.165) is 29.1 Å². The minimum absolute atomic E-state index is 0.174. The third-order valence-electron chi connectivity index (χ3n) is 3.89. The topological polar surface area (TPSA) is 56.1 Å². The van der Waals surface area contributed by atoms with Crippen LogP contribution in [0.25, 0.3) is 5.69 Å². The molecule has 1 N–H and O–H groups in total. The van der Waals surface area contributed by atoms with Crippen molar-refractivity contribution in [3.63, 3.8) is 0 Å². The average Bonchev–Trinajstić information content (AvgIpc) is 2.86. The van der Waals surface area contributed by atoms with Gasteiger partial charge in [0.05, 0.1) is 24.1 Å². The molecule has 2 aromatic rings. The highest BCUT2D eigenvalue weighted by Gasteiger charge is 2.30. The molecule has 0 unspecified atom stereocenters. The first-order chi connectivity index (χ1) is 10.1. The van der Waals surface area contributed by atoms with E-state index in [9.17, 15) is 4.79 Å². The van der Waals surface area contributed by atoms with Crippen LogP contribution >= 0.6 is 0 Å². The van der Waals surface area contributed by atoms with Crippen LogP contribution in [0, 0.1) is 5.92 Å². The van der Waals surface area contributed by atoms with Crippen molar-refractivity contribution in [3.8, 4) is 11.4 Å². The van der Waals surface area contributed by atoms with E-state index >= 15 is 0 Å². The lowest BCUT2D eigenvalue weighted by Gasteiger charge is -2.19. The summed E-state index contributed by atoms with van der Waals surface area (Å²) in [4.78, 5) is 12.3. The van der Waals surface area contributed by atoms with Gasteiger partial charge >= 0.3 is 0 Å². The van der Waals surface area contributed by atoms with Crippen molar-refractivity contribution >= 4 is 11.6 Å². The van der Waals surface area contributed by atoms with Crippen LogP contribution in [0.4, 0.5) is 5.82 Å². The number of fused-ring (bicyclic) bond motifs is 1. The van der Waals surface area contributed by atoms with Gasteiger partial charge in [-0.2, -0.15) is 0 Å². The van der Waals surface area contributed by atoms with Crippen LogP contribution in [0.5, 0.6) is 5.75 Å². The Morgan fingerprint density at radius 1 is 1.29 bits per heavy atom. The summed E-state index contributed by atoms with van der Waals surface area (Å²) in [5.41, 5.74) is 2.68. The lowest BCUT2D eigenvalue weighted by atomic mass is 9.88. The van der Waals surface area contributed by atoms with Crippen LogP contribution in [-0.2, 0) is 6.42 Å². The number of methoxy groups -OCH3 is 1. The van der Waals surface area contributed by atoms with Gasteiger partial charge in [0.25, 0.3) is 0 Å². The van der Waals surface area contributed by atoms with E-state index in [0.29, 0.717) is 18.2 Å². The Morgan fingerprint density at radius 3 is 2.62 bits per heavy atom. The highest BCUT2D eigenvalue weighted by Crippen LogP contribution is 2.32. The Labute approximate surface area is 123 Å². The van der Waals surface area contributed by atoms with Gasteiger partial charge in [0.2, 0.25) is 0 Å². The molecule has 5 heteroatoms. The van der Waals surface area contributed by atoms with Crippen molar-refractivity contribution < 1.29 is 9.53 Å². The minimum Gasteiger partial charge on any atom is -0.497 e. The van der Waals surface area contributed by atoms with Crippen molar-refractivity contribution in [2.24, 2.45) is 5.92 Å². The van der Waals surface area contributed by atoms with Crippen molar-refractivity contribution in [3.05, 3.63) is 35.5 Å². The van der Waals surface area contributed by atoms with Gasteiger partial charge in [0, 0.05) is 13.5 Å². The molecule has 21 heavy (non-hydrogen) atoms. The third-order valence-corrected chi connectivity index (χ3v) is 3.89. The molecule has 0 amide bonds. The Hall–Kier alpha value is -2.30. The Balaban J connectivity index is 2.12. The molecule has 3 rings (SSSR count). The SMILES string of the molecule is CNc1nn(-c2ccc(OC)cc2)c2c1C(=O)C[C@H](C)C2. The number of Topliss-reactive ketones (excluding diaryl/α,β-unsaturated/α-hetero) is 1. The van der Waals surface area contributed by atoms with E-state index < -0.39 is 0 Å². The molecule has 0 spiro atoms. The van der Waals surface area contributed by atoms with Crippen LogP contribution < -0.4 is 10.1 Å². The van der Waals surface area contributed by atoms with Gasteiger partial charge in [-0.05, 0) is 36.6 Å². The molecule has 1 aliphatic carbocycles. The van der Waals surface area contributed by atoms with Gasteiger partial charge in [0.1, 0.15) is 5.75 Å². The summed E-state index contributed by atoms with van der Waals surface area (Å²) in [6.45, 7) is 2.10. The number of carbonyl (C=O) groups is 1. The van der Waals surface area contributed by atoms with Crippen molar-refractivity contribution in [1.29, 1.82) is 0 Å². The number of carbonyl (C=O) groups excluding carboxylic acids is 1. The molecule has 0 radical (unpaired) electrons. The van der Waals surface area contributed by atoms with Crippen LogP contribution in [0.15, 0.2) is 24.3 Å². The van der Waals surface area contributed by atoms with Crippen LogP contribution in [0.2, 0.25) is 0 Å². The molecule has 110 valence electrons. The van der Waals surface area contributed by atoms with E-state index in [-0.39, 0.29) is 5.78 Å². The normalized spacial score (nSPS) is 17.5. The fourth-order valence-electron chi connectivity index (χ4n) is 2.87. The van der Waals surface area contributed by atoms with Crippen molar-refractivity contribution in [2.45, 2.75) is 19.8 Å². The van der Waals surface area contributed by atoms with E-state index in [1.807, 2.05) is 28.9 Å². The lowest BCUT2D eigenvalue weighted by Crippen LogP contribution is -2.19. The fraction of sp³-hybridized carbons (Fsp3) is 0.375. The predicted molar refractivity (Wildman–Crippen MR) is 81.5 cm³/mol. The molecule has 1 heterocycles. The lowest BCUT2D eigenvalue weighted by molar-refractivity contribution is 0.0953. The first-order valence-electron chi connectivity index (χ1n) is 7.11. The van der Waals surface area contributed by atoms with E-state index in [2.05, 4.69) is 17.3 Å². The number of ketones is 1. The highest BCUT2D eigenvalue weighted by molar-refractivity contribution is 6.02. The summed E-state index contributed by atoms with van der Waals surface area (Å²) in [5.74, 6) is 1.99. The summed E-state index contributed by atoms with van der Waals surface area (Å²) in [7, 11) is 3.44. The minimum atomic E-state index is 0.174. The van der Waals surface area contributed by atoms with Gasteiger partial charge in [-0.1, -0.05) is 6.92 Å². The summed E-state index contributed by atoms with van der Waals surface area (Å²) in [6.07, 6.45) is 1.46. The number of anilines is 1. The maximum atomic E-state index is 12.3. The maximum absolute atomic E-state index is 12.3. The van der Waals surface area contributed by atoms with Crippen LogP contribution in [-0.4, -0.2) is 29.7 Å². The average molecular weight is 285 g/mol. The largest absolute Gasteiger partial charge is 0.497 e. The van der Waals surface area contributed by atoms with Crippen LogP contribution in [0.1, 0.15) is 29.4 Å². The Kier molecular flexibility index (Phi) is 3.41. The standard InChI is InChI=1S/C16H19N3O2/c1-10-8-13-15(14(20)9-10)16(17-2)18-19(13)11-4-6-12(21-3)7-5-11/h4-7,10H,8-9H2,1-3H3,(H,17,18)/t10-/m1/s1. The first-order valence-corrected chi connectivity index (χ1v) is 7.11. The summed E-state index contributed by atoms with van der Waals surface area (Å²) in [5, 5.41) is 7.60. The second-order valence-corrected chi connectivity index (χ2v) is 5.47. The number of rotatable bonds is 3. The first kappa shape index (κ1) is 13.7. The molecule has 1 aliphatic rings. The van der Waals surface area contributed by atoms with Crippen molar-refractivity contribution in [2.75, 3.05) is 19.5 Å². The Morgan fingerprint density at radius 2 is 2.00 bits per heavy atom. The molecule has 5 nitrogen and oxygen atoms in total. The highest BCUT2D eigenvalue weighted by atomic mass is 16.5. The summed E-state index contributed by atoms with van der Waals surface area (Å²) < 4.78 is 7.05. The molecule has 1 atom stereocenters. The summed E-state index contributed by atoms with van der Waals surface area (Å²) >= 11 is 0. The molecule has 1 aromatic heterocycles. The number of nitrogens with zero attached hydrogens (tertiary/aromatic N) is 2. The zero-order valence-corrected chi connectivity index (χ0v) is 12.5. The maximum Gasteiger partial charge on any atom is 0.168 e. The van der Waals surface area contributed by atoms with Gasteiger partial charge in [-0.25, -0.2) is 4.68 Å². The monoisotopic (exact) mass is 285 g/mol. The second kappa shape index (κ2) is 5.24. The number of aromatic nitrogens is 2. The molecule has 0 fully saturated rings. The summed E-state index contributed by atoms with van der Waals surface area (Å²) in [6, 6.07) is 7.71. The second-order valence-electron chi connectivity index (χ2n) is 5.47. The quantitative estimate of drug-likeness (QED) is 0.942. The van der Waals surface area contributed by atoms with E-state index in [1.165, 1.54) is 0 Å². The van der Waals surface area contributed by atoms with E-state index in [1.54, 1.807) is 14.2 Å². The molecule has 0 saturated heterocycles. The number of nitrogens with one attached hydrogen (secondary N) is 1. The zero-order chi connectivity index (χ0) is 15.0. The smallest absolute Gasteiger partial charge is 0.168 e. The number of hydrogen-bond donors (Lipinski definition) is 1. The molecular weight excluding hydrogens is 266 g/mol. The third kappa shape index (κ3) is 2.28. The van der Waals surface area contributed by atoms with Gasteiger partial charge < -0.3 is 10.1 Å². The number of hydrogen-bond acceptors (Lipinski definition) is 4. The van der Waals surface area contributed by atoms with Gasteiger partial charge in [-0.15, -0.1) is 5.10 Å². The Bertz CT molecular complexity index is 674. The molecule has 1 aromatic carbocycles. The van der Waals surface area contributed by atoms with Gasteiger partial charge in [0.15, 0.2) is 11.6 Å². The van der Waals surface area contributed by atoms with Crippen molar-refractivity contribution in [1.82, 2.24) is 9.78 Å². The molecule has 0 aliphatic heterocycles. The molecule has 0 bridgehead atoms. The number of benzene rings is 1. The molecule has 0 saturated carbocycles. The zero-order valence-electron chi connectivity index (χ0n) is 12.5. The number of ether oxygens (including phenoxy) is 1. The van der Waals surface area contributed by atoms with E-state index in [4.69, 9.17) is 4.74 Å². The fourth-order valence-corrected chi connectivity index (χ4v) is 2.87. The predicted octanol–water partition coefficient (Wildman–Crippen LogP) is 2.69.